The van der Waals surface area contributed by atoms with E-state index in [2.05, 4.69) is 9.88 Å². The monoisotopic (exact) mass is 236 g/mol. The number of aromatic nitrogens is 1. The molecule has 1 aliphatic heterocycles. The van der Waals surface area contributed by atoms with Crippen molar-refractivity contribution in [1.82, 2.24) is 4.98 Å². The zero-order valence-electron chi connectivity index (χ0n) is 10.2. The number of anilines is 1. The van der Waals surface area contributed by atoms with E-state index in [0.717, 1.165) is 37.3 Å². The van der Waals surface area contributed by atoms with Crippen LogP contribution in [0, 0.1) is 5.92 Å². The minimum atomic E-state index is -0.451. The van der Waals surface area contributed by atoms with Gasteiger partial charge in [0.1, 0.15) is 5.82 Å². The van der Waals surface area contributed by atoms with Crippen LogP contribution in [-0.2, 0) is 0 Å². The second kappa shape index (κ2) is 5.47. The maximum Gasteiger partial charge on any atom is 0.128 e. The molecule has 1 aromatic heterocycles. The van der Waals surface area contributed by atoms with Crippen molar-refractivity contribution < 1.29 is 10.2 Å². The van der Waals surface area contributed by atoms with Crippen LogP contribution in [0.5, 0.6) is 0 Å². The van der Waals surface area contributed by atoms with Crippen LogP contribution in [0.1, 0.15) is 31.4 Å². The van der Waals surface area contributed by atoms with Gasteiger partial charge in [0, 0.05) is 25.9 Å². The normalized spacial score (nSPS) is 21.8. The minimum absolute atomic E-state index is 0.264. The molecule has 2 atom stereocenters. The molecule has 1 saturated heterocycles. The fourth-order valence-corrected chi connectivity index (χ4v) is 2.33. The third-order valence-corrected chi connectivity index (χ3v) is 3.40. The van der Waals surface area contributed by atoms with Crippen molar-refractivity contribution in [2.24, 2.45) is 5.92 Å². The first-order valence-electron chi connectivity index (χ1n) is 6.20. The summed E-state index contributed by atoms with van der Waals surface area (Å²) >= 11 is 0. The standard InChI is InChI=1S/C13H20N2O2/c1-10(17)12-2-5-14-13(8-12)15-6-3-11(9-15)4-7-16/h2,5,8,10-11,16-17H,3-4,6-7,9H2,1H3. The van der Waals surface area contributed by atoms with Crippen molar-refractivity contribution in [3.63, 3.8) is 0 Å². The van der Waals surface area contributed by atoms with Gasteiger partial charge >= 0.3 is 0 Å². The highest BCUT2D eigenvalue weighted by Crippen LogP contribution is 2.25. The van der Waals surface area contributed by atoms with Crippen molar-refractivity contribution in [3.8, 4) is 0 Å². The van der Waals surface area contributed by atoms with E-state index in [9.17, 15) is 5.11 Å². The zero-order valence-corrected chi connectivity index (χ0v) is 10.2. The summed E-state index contributed by atoms with van der Waals surface area (Å²) in [7, 11) is 0. The van der Waals surface area contributed by atoms with E-state index in [4.69, 9.17) is 5.11 Å². The molecule has 1 aromatic rings. The molecule has 0 aliphatic carbocycles. The Hall–Kier alpha value is -1.13. The second-order valence-electron chi connectivity index (χ2n) is 4.74. The third-order valence-electron chi connectivity index (χ3n) is 3.40. The summed E-state index contributed by atoms with van der Waals surface area (Å²) < 4.78 is 0. The van der Waals surface area contributed by atoms with Crippen LogP contribution < -0.4 is 4.90 Å². The van der Waals surface area contributed by atoms with E-state index in [1.54, 1.807) is 13.1 Å². The van der Waals surface area contributed by atoms with Gasteiger partial charge in [0.25, 0.3) is 0 Å². The molecule has 1 fully saturated rings. The Morgan fingerprint density at radius 2 is 2.41 bits per heavy atom. The SMILES string of the molecule is CC(O)c1ccnc(N2CCC(CCO)C2)c1. The molecule has 2 heterocycles. The van der Waals surface area contributed by atoms with Gasteiger partial charge in [0.2, 0.25) is 0 Å². The zero-order chi connectivity index (χ0) is 12.3. The van der Waals surface area contributed by atoms with Gasteiger partial charge in [0.05, 0.1) is 6.10 Å². The first-order valence-corrected chi connectivity index (χ1v) is 6.20. The van der Waals surface area contributed by atoms with Crippen LogP contribution in [0.25, 0.3) is 0 Å². The van der Waals surface area contributed by atoms with E-state index in [1.807, 2.05) is 12.1 Å². The Balaban J connectivity index is 2.05. The van der Waals surface area contributed by atoms with Crippen LogP contribution in [0.4, 0.5) is 5.82 Å². The van der Waals surface area contributed by atoms with Gasteiger partial charge in [0.15, 0.2) is 0 Å². The lowest BCUT2D eigenvalue weighted by Gasteiger charge is -2.18. The molecule has 94 valence electrons. The van der Waals surface area contributed by atoms with Gasteiger partial charge in [-0.05, 0) is 43.4 Å². The second-order valence-corrected chi connectivity index (χ2v) is 4.74. The summed E-state index contributed by atoms with van der Waals surface area (Å²) in [5, 5.41) is 18.5. The Kier molecular flexibility index (Phi) is 3.97. The number of hydrogen-bond acceptors (Lipinski definition) is 4. The molecule has 0 amide bonds. The molecule has 0 radical (unpaired) electrons. The lowest BCUT2D eigenvalue weighted by atomic mass is 10.1. The van der Waals surface area contributed by atoms with E-state index < -0.39 is 6.10 Å². The number of aliphatic hydroxyl groups is 2. The first kappa shape index (κ1) is 12.3. The molecule has 2 rings (SSSR count). The number of rotatable bonds is 4. The van der Waals surface area contributed by atoms with Crippen LogP contribution >= 0.6 is 0 Å². The third kappa shape index (κ3) is 2.96. The van der Waals surface area contributed by atoms with Crippen LogP contribution in [0.3, 0.4) is 0 Å². The van der Waals surface area contributed by atoms with E-state index in [-0.39, 0.29) is 6.61 Å². The number of nitrogens with zero attached hydrogens (tertiary/aromatic N) is 2. The first-order chi connectivity index (χ1) is 8.20. The average molecular weight is 236 g/mol. The molecule has 4 heteroatoms. The Morgan fingerprint density at radius 1 is 1.59 bits per heavy atom. The summed E-state index contributed by atoms with van der Waals surface area (Å²) in [6, 6.07) is 3.79. The van der Waals surface area contributed by atoms with Gasteiger partial charge in [-0.2, -0.15) is 0 Å². The highest BCUT2D eigenvalue weighted by atomic mass is 16.3. The highest BCUT2D eigenvalue weighted by molar-refractivity contribution is 5.42. The van der Waals surface area contributed by atoms with Gasteiger partial charge in [-0.25, -0.2) is 4.98 Å². The lowest BCUT2D eigenvalue weighted by molar-refractivity contribution is 0.199. The fraction of sp³-hybridized carbons (Fsp3) is 0.615. The van der Waals surface area contributed by atoms with E-state index in [1.165, 1.54) is 0 Å². The van der Waals surface area contributed by atoms with Crippen molar-refractivity contribution >= 4 is 5.82 Å². The fourth-order valence-electron chi connectivity index (χ4n) is 2.33. The number of pyridine rings is 1. The molecule has 4 nitrogen and oxygen atoms in total. The largest absolute Gasteiger partial charge is 0.396 e. The predicted octanol–water partition coefficient (Wildman–Crippen LogP) is 1.34. The molecule has 0 saturated carbocycles. The van der Waals surface area contributed by atoms with Crippen LogP contribution in [0.2, 0.25) is 0 Å². The quantitative estimate of drug-likeness (QED) is 0.828. The van der Waals surface area contributed by atoms with Gasteiger partial charge in [-0.3, -0.25) is 0 Å². The molecule has 0 spiro atoms. The summed E-state index contributed by atoms with van der Waals surface area (Å²) in [6.07, 6.45) is 3.28. The smallest absolute Gasteiger partial charge is 0.128 e. The minimum Gasteiger partial charge on any atom is -0.396 e. The lowest BCUT2D eigenvalue weighted by Crippen LogP contribution is -2.21. The molecule has 2 N–H and O–H groups in total. The molecular formula is C13H20N2O2. The van der Waals surface area contributed by atoms with Crippen molar-refractivity contribution in [2.45, 2.75) is 25.9 Å². The summed E-state index contributed by atoms with van der Waals surface area (Å²) in [5.41, 5.74) is 0.903. The predicted molar refractivity (Wildman–Crippen MR) is 66.9 cm³/mol. The summed E-state index contributed by atoms with van der Waals surface area (Å²) in [6.45, 7) is 3.97. The van der Waals surface area contributed by atoms with Crippen molar-refractivity contribution in [2.75, 3.05) is 24.6 Å². The Bertz CT molecular complexity index is 368. The van der Waals surface area contributed by atoms with Crippen LogP contribution in [-0.4, -0.2) is 34.9 Å². The topological polar surface area (TPSA) is 56.6 Å². The molecular weight excluding hydrogens is 216 g/mol. The van der Waals surface area contributed by atoms with Crippen molar-refractivity contribution in [1.29, 1.82) is 0 Å². The molecule has 0 bridgehead atoms. The average Bonchev–Trinajstić information content (AvgIpc) is 2.78. The van der Waals surface area contributed by atoms with Crippen molar-refractivity contribution in [3.05, 3.63) is 23.9 Å². The Labute approximate surface area is 102 Å². The van der Waals surface area contributed by atoms with Gasteiger partial charge < -0.3 is 15.1 Å². The number of hydrogen-bond donors (Lipinski definition) is 2. The molecule has 0 aromatic carbocycles. The number of aliphatic hydroxyl groups excluding tert-OH is 2. The Morgan fingerprint density at radius 3 is 3.12 bits per heavy atom. The van der Waals surface area contributed by atoms with Gasteiger partial charge in [-0.1, -0.05) is 0 Å². The molecule has 2 unspecified atom stereocenters. The van der Waals surface area contributed by atoms with Crippen LogP contribution in [0.15, 0.2) is 18.3 Å². The molecule has 17 heavy (non-hydrogen) atoms. The molecule has 1 aliphatic rings. The maximum atomic E-state index is 9.55. The van der Waals surface area contributed by atoms with E-state index >= 15 is 0 Å². The van der Waals surface area contributed by atoms with E-state index in [0.29, 0.717) is 5.92 Å². The maximum absolute atomic E-state index is 9.55. The van der Waals surface area contributed by atoms with Gasteiger partial charge in [-0.15, -0.1) is 0 Å². The highest BCUT2D eigenvalue weighted by Gasteiger charge is 2.23. The summed E-state index contributed by atoms with van der Waals surface area (Å²) in [5.74, 6) is 1.50. The summed E-state index contributed by atoms with van der Waals surface area (Å²) in [4.78, 5) is 6.58.